The highest BCUT2D eigenvalue weighted by Crippen LogP contribution is 2.21. The molecule has 0 bridgehead atoms. The fourth-order valence-electron chi connectivity index (χ4n) is 3.90. The molecule has 0 saturated carbocycles. The second kappa shape index (κ2) is 12.3. The summed E-state index contributed by atoms with van der Waals surface area (Å²) < 4.78 is 8.37. The SMILES string of the molecule is CCCCCOc1cc(C)ccc1CNC(=NC)NCCc1nnc2n1CCCCC2. The number of rotatable bonds is 10. The number of ether oxygens (including phenoxy) is 1. The van der Waals surface area contributed by atoms with Crippen LogP contribution in [0.5, 0.6) is 5.75 Å². The minimum atomic E-state index is 0.670. The molecule has 2 heterocycles. The number of nitrogens with one attached hydrogen (secondary N) is 2. The molecule has 0 spiro atoms. The van der Waals surface area contributed by atoms with Gasteiger partial charge in [0.2, 0.25) is 0 Å². The van der Waals surface area contributed by atoms with E-state index in [-0.39, 0.29) is 0 Å². The maximum absolute atomic E-state index is 6.06. The van der Waals surface area contributed by atoms with E-state index in [1.807, 2.05) is 0 Å². The summed E-state index contributed by atoms with van der Waals surface area (Å²) in [4.78, 5) is 4.37. The van der Waals surface area contributed by atoms with Crippen molar-refractivity contribution in [2.24, 2.45) is 4.99 Å². The molecule has 1 aliphatic heterocycles. The highest BCUT2D eigenvalue weighted by atomic mass is 16.5. The van der Waals surface area contributed by atoms with Gasteiger partial charge in [0, 0.05) is 45.1 Å². The maximum Gasteiger partial charge on any atom is 0.191 e. The maximum atomic E-state index is 6.06. The van der Waals surface area contributed by atoms with Crippen LogP contribution in [0.4, 0.5) is 0 Å². The van der Waals surface area contributed by atoms with Crippen molar-refractivity contribution in [3.8, 4) is 5.75 Å². The minimum Gasteiger partial charge on any atom is -0.493 e. The van der Waals surface area contributed by atoms with Crippen molar-refractivity contribution < 1.29 is 4.74 Å². The van der Waals surface area contributed by atoms with Gasteiger partial charge in [-0.1, -0.05) is 38.3 Å². The molecule has 0 fully saturated rings. The Labute approximate surface area is 186 Å². The van der Waals surface area contributed by atoms with Crippen LogP contribution in [0.25, 0.3) is 0 Å². The molecular weight excluding hydrogens is 388 g/mol. The number of hydrogen-bond acceptors (Lipinski definition) is 4. The Morgan fingerprint density at radius 2 is 2.06 bits per heavy atom. The molecule has 0 radical (unpaired) electrons. The van der Waals surface area contributed by atoms with Gasteiger partial charge in [-0.25, -0.2) is 0 Å². The molecule has 0 saturated heterocycles. The van der Waals surface area contributed by atoms with Crippen LogP contribution >= 0.6 is 0 Å². The third-order valence-corrected chi connectivity index (χ3v) is 5.73. The molecule has 3 rings (SSSR count). The van der Waals surface area contributed by atoms with Crippen molar-refractivity contribution in [1.82, 2.24) is 25.4 Å². The van der Waals surface area contributed by atoms with Crippen molar-refractivity contribution >= 4 is 5.96 Å². The summed E-state index contributed by atoms with van der Waals surface area (Å²) >= 11 is 0. The van der Waals surface area contributed by atoms with Crippen LogP contribution in [0, 0.1) is 6.92 Å². The van der Waals surface area contributed by atoms with Gasteiger partial charge in [-0.15, -0.1) is 10.2 Å². The zero-order valence-corrected chi connectivity index (χ0v) is 19.4. The highest BCUT2D eigenvalue weighted by Gasteiger charge is 2.14. The monoisotopic (exact) mass is 426 g/mol. The average molecular weight is 427 g/mol. The fraction of sp³-hybridized carbons (Fsp3) is 0.625. The first-order valence-electron chi connectivity index (χ1n) is 11.8. The predicted molar refractivity (Wildman–Crippen MR) is 126 cm³/mol. The third kappa shape index (κ3) is 6.97. The van der Waals surface area contributed by atoms with Crippen LogP contribution in [0.2, 0.25) is 0 Å². The van der Waals surface area contributed by atoms with E-state index in [2.05, 4.69) is 62.4 Å². The van der Waals surface area contributed by atoms with Gasteiger partial charge in [0.1, 0.15) is 17.4 Å². The van der Waals surface area contributed by atoms with Gasteiger partial charge in [-0.3, -0.25) is 4.99 Å². The Balaban J connectivity index is 1.49. The predicted octanol–water partition coefficient (Wildman–Crippen LogP) is 3.79. The second-order valence-electron chi connectivity index (χ2n) is 8.26. The van der Waals surface area contributed by atoms with E-state index in [1.54, 1.807) is 7.05 Å². The van der Waals surface area contributed by atoms with Crippen LogP contribution < -0.4 is 15.4 Å². The summed E-state index contributed by atoms with van der Waals surface area (Å²) in [6.45, 7) is 7.55. The highest BCUT2D eigenvalue weighted by molar-refractivity contribution is 5.79. The molecule has 1 aromatic carbocycles. The number of hydrogen-bond donors (Lipinski definition) is 2. The van der Waals surface area contributed by atoms with E-state index < -0.39 is 0 Å². The van der Waals surface area contributed by atoms with Gasteiger partial charge in [0.15, 0.2) is 5.96 Å². The van der Waals surface area contributed by atoms with Gasteiger partial charge in [-0.2, -0.15) is 0 Å². The Morgan fingerprint density at radius 1 is 1.16 bits per heavy atom. The van der Waals surface area contributed by atoms with Crippen LogP contribution in [-0.2, 0) is 25.9 Å². The zero-order chi connectivity index (χ0) is 21.9. The first kappa shape index (κ1) is 23.1. The number of fused-ring (bicyclic) bond motifs is 1. The van der Waals surface area contributed by atoms with E-state index in [0.717, 1.165) is 67.9 Å². The summed E-state index contributed by atoms with van der Waals surface area (Å²) in [6, 6.07) is 6.38. The molecule has 170 valence electrons. The van der Waals surface area contributed by atoms with Gasteiger partial charge in [0.05, 0.1) is 6.61 Å². The summed E-state index contributed by atoms with van der Waals surface area (Å²) in [5.74, 6) is 3.96. The number of aliphatic imine (C=N–C) groups is 1. The fourth-order valence-corrected chi connectivity index (χ4v) is 3.90. The van der Waals surface area contributed by atoms with E-state index in [4.69, 9.17) is 4.74 Å². The molecule has 0 aliphatic carbocycles. The molecule has 0 atom stereocenters. The molecular formula is C24H38N6O. The Hall–Kier alpha value is -2.57. The van der Waals surface area contributed by atoms with Crippen molar-refractivity contribution in [3.05, 3.63) is 41.0 Å². The molecule has 0 amide bonds. The molecule has 1 aliphatic rings. The van der Waals surface area contributed by atoms with Gasteiger partial charge >= 0.3 is 0 Å². The first-order chi connectivity index (χ1) is 15.2. The number of nitrogens with zero attached hydrogens (tertiary/aromatic N) is 4. The van der Waals surface area contributed by atoms with Crippen LogP contribution in [-0.4, -0.2) is 40.9 Å². The Kier molecular flexibility index (Phi) is 9.18. The van der Waals surface area contributed by atoms with E-state index in [1.165, 1.54) is 37.7 Å². The molecule has 1 aromatic heterocycles. The van der Waals surface area contributed by atoms with Crippen LogP contribution in [0.3, 0.4) is 0 Å². The third-order valence-electron chi connectivity index (χ3n) is 5.73. The van der Waals surface area contributed by atoms with E-state index in [9.17, 15) is 0 Å². The molecule has 0 unspecified atom stereocenters. The molecule has 7 heteroatoms. The van der Waals surface area contributed by atoms with Crippen molar-refractivity contribution in [1.29, 1.82) is 0 Å². The lowest BCUT2D eigenvalue weighted by molar-refractivity contribution is 0.303. The average Bonchev–Trinajstić information content (AvgIpc) is 3.00. The number of aryl methyl sites for hydroxylation is 2. The Bertz CT molecular complexity index is 845. The quantitative estimate of drug-likeness (QED) is 0.343. The second-order valence-corrected chi connectivity index (χ2v) is 8.26. The Morgan fingerprint density at radius 3 is 2.90 bits per heavy atom. The summed E-state index contributed by atoms with van der Waals surface area (Å²) in [7, 11) is 1.80. The number of guanidine groups is 1. The lowest BCUT2D eigenvalue weighted by Gasteiger charge is -2.15. The summed E-state index contributed by atoms with van der Waals surface area (Å²) in [5, 5.41) is 15.6. The first-order valence-corrected chi connectivity index (χ1v) is 11.8. The summed E-state index contributed by atoms with van der Waals surface area (Å²) in [5.41, 5.74) is 2.36. The standard InChI is InChI=1S/C24H38N6O/c1-4-5-9-16-31-21-17-19(2)11-12-20(21)18-27-24(25-3)26-14-13-23-29-28-22-10-7-6-8-15-30(22)23/h11-12,17H,4-10,13-16,18H2,1-3H3,(H2,25,26,27). The number of unbranched alkanes of at least 4 members (excludes halogenated alkanes) is 2. The van der Waals surface area contributed by atoms with Gasteiger partial charge in [-0.05, 0) is 37.8 Å². The number of benzene rings is 1. The molecule has 2 N–H and O–H groups in total. The van der Waals surface area contributed by atoms with Crippen molar-refractivity contribution in [2.75, 3.05) is 20.2 Å². The van der Waals surface area contributed by atoms with Gasteiger partial charge in [0.25, 0.3) is 0 Å². The molecule has 7 nitrogen and oxygen atoms in total. The molecule has 31 heavy (non-hydrogen) atoms. The van der Waals surface area contributed by atoms with Crippen LogP contribution in [0.15, 0.2) is 23.2 Å². The van der Waals surface area contributed by atoms with E-state index in [0.29, 0.717) is 6.54 Å². The summed E-state index contributed by atoms with van der Waals surface area (Å²) in [6.07, 6.45) is 9.08. The van der Waals surface area contributed by atoms with Crippen molar-refractivity contribution in [3.63, 3.8) is 0 Å². The van der Waals surface area contributed by atoms with Crippen LogP contribution in [0.1, 0.15) is 68.2 Å². The lowest BCUT2D eigenvalue weighted by atomic mass is 10.1. The minimum absolute atomic E-state index is 0.670. The topological polar surface area (TPSA) is 76.4 Å². The molecule has 2 aromatic rings. The largest absolute Gasteiger partial charge is 0.493 e. The normalized spacial score (nSPS) is 14.1. The smallest absolute Gasteiger partial charge is 0.191 e. The van der Waals surface area contributed by atoms with E-state index >= 15 is 0 Å². The zero-order valence-electron chi connectivity index (χ0n) is 19.4. The van der Waals surface area contributed by atoms with Gasteiger partial charge < -0.3 is 19.9 Å². The van der Waals surface area contributed by atoms with Crippen molar-refractivity contribution in [2.45, 2.75) is 78.3 Å². The lowest BCUT2D eigenvalue weighted by Crippen LogP contribution is -2.38. The number of aromatic nitrogens is 3.